The van der Waals surface area contributed by atoms with Crippen LogP contribution in [-0.2, 0) is 0 Å². The zero-order valence-electron chi connectivity index (χ0n) is 10.5. The molecule has 0 saturated carbocycles. The van der Waals surface area contributed by atoms with Crippen molar-refractivity contribution in [2.75, 3.05) is 36.8 Å². The number of piperazine rings is 1. The predicted octanol–water partition coefficient (Wildman–Crippen LogP) is 2.10. The summed E-state index contributed by atoms with van der Waals surface area (Å²) in [5.74, 6) is 0.948. The lowest BCUT2D eigenvalue weighted by molar-refractivity contribution is 0.133. The van der Waals surface area contributed by atoms with Crippen molar-refractivity contribution in [3.8, 4) is 0 Å². The number of hydrogen-bond donors (Lipinski definition) is 1. The van der Waals surface area contributed by atoms with Crippen molar-refractivity contribution in [3.63, 3.8) is 0 Å². The lowest BCUT2D eigenvalue weighted by Gasteiger charge is -2.44. The van der Waals surface area contributed by atoms with E-state index in [1.54, 1.807) is 0 Å². The molecule has 0 aromatic carbocycles. The minimum absolute atomic E-state index is 0.692. The summed E-state index contributed by atoms with van der Waals surface area (Å²) in [5.41, 5.74) is 6.84. The molecule has 2 fully saturated rings. The maximum Gasteiger partial charge on any atom is 0.151 e. The fourth-order valence-corrected chi connectivity index (χ4v) is 3.41. The van der Waals surface area contributed by atoms with Gasteiger partial charge in [0, 0.05) is 36.3 Å². The van der Waals surface area contributed by atoms with Gasteiger partial charge in [-0.3, -0.25) is 4.90 Å². The smallest absolute Gasteiger partial charge is 0.151 e. The molecule has 0 bridgehead atoms. The minimum Gasteiger partial charge on any atom is -0.396 e. The van der Waals surface area contributed by atoms with Crippen molar-refractivity contribution in [2.24, 2.45) is 0 Å². The molecule has 98 valence electrons. The lowest BCUT2D eigenvalue weighted by atomic mass is 9.99. The molecule has 1 aromatic rings. The lowest BCUT2D eigenvalue weighted by Crippen LogP contribution is -2.55. The van der Waals surface area contributed by atoms with Crippen LogP contribution in [0.1, 0.15) is 19.3 Å². The molecule has 3 heterocycles. The molecule has 0 amide bonds. The Bertz CT molecular complexity index is 437. The maximum absolute atomic E-state index is 6.07. The van der Waals surface area contributed by atoms with Crippen molar-refractivity contribution in [3.05, 3.63) is 16.7 Å². The van der Waals surface area contributed by atoms with Gasteiger partial charge in [-0.25, -0.2) is 4.98 Å². The van der Waals surface area contributed by atoms with Crippen molar-refractivity contribution in [2.45, 2.75) is 25.3 Å². The van der Waals surface area contributed by atoms with Crippen LogP contribution in [0.25, 0.3) is 0 Å². The Morgan fingerprint density at radius 2 is 2.17 bits per heavy atom. The Hall–Kier alpha value is -0.810. The first-order valence-corrected chi connectivity index (χ1v) is 7.43. The first-order valence-electron chi connectivity index (χ1n) is 6.64. The van der Waals surface area contributed by atoms with Crippen molar-refractivity contribution in [1.82, 2.24) is 9.88 Å². The fraction of sp³-hybridized carbons (Fsp3) is 0.615. The third-order valence-electron chi connectivity index (χ3n) is 4.00. The van der Waals surface area contributed by atoms with E-state index in [4.69, 9.17) is 5.73 Å². The van der Waals surface area contributed by atoms with Crippen molar-refractivity contribution >= 4 is 27.4 Å². The highest BCUT2D eigenvalue weighted by Gasteiger charge is 2.29. The highest BCUT2D eigenvalue weighted by atomic mass is 79.9. The molecular formula is C13H19BrN4. The van der Waals surface area contributed by atoms with Gasteiger partial charge in [0.1, 0.15) is 0 Å². The maximum atomic E-state index is 6.07. The van der Waals surface area contributed by atoms with Crippen LogP contribution >= 0.6 is 15.9 Å². The topological polar surface area (TPSA) is 45.4 Å². The third kappa shape index (κ3) is 2.34. The molecule has 1 atom stereocenters. The van der Waals surface area contributed by atoms with E-state index in [9.17, 15) is 0 Å². The van der Waals surface area contributed by atoms with Crippen LogP contribution in [0.15, 0.2) is 16.7 Å². The van der Waals surface area contributed by atoms with Gasteiger partial charge < -0.3 is 10.6 Å². The molecule has 4 nitrogen and oxygen atoms in total. The first-order chi connectivity index (χ1) is 8.74. The average Bonchev–Trinajstić information content (AvgIpc) is 2.38. The Morgan fingerprint density at radius 1 is 1.28 bits per heavy atom. The summed E-state index contributed by atoms with van der Waals surface area (Å²) in [6, 6.07) is 2.63. The number of halogens is 1. The van der Waals surface area contributed by atoms with Gasteiger partial charge in [-0.1, -0.05) is 6.42 Å². The molecule has 2 aliphatic rings. The largest absolute Gasteiger partial charge is 0.396 e. The summed E-state index contributed by atoms with van der Waals surface area (Å²) >= 11 is 3.41. The second-order valence-electron chi connectivity index (χ2n) is 5.20. The van der Waals surface area contributed by atoms with Crippen molar-refractivity contribution in [1.29, 1.82) is 0 Å². The predicted molar refractivity (Wildman–Crippen MR) is 77.8 cm³/mol. The number of nitrogens with two attached hydrogens (primary N) is 1. The second-order valence-corrected chi connectivity index (χ2v) is 6.11. The number of nitrogens with zero attached hydrogens (tertiary/aromatic N) is 3. The minimum atomic E-state index is 0.692. The molecule has 18 heavy (non-hydrogen) atoms. The molecule has 5 heteroatoms. The standard InChI is InChI=1S/C13H19BrN4/c14-10-7-12(15)13(16-8-10)18-6-5-17-4-2-1-3-11(17)9-18/h7-8,11H,1-6,9,15H2. The molecule has 0 radical (unpaired) electrons. The second kappa shape index (κ2) is 5.05. The van der Waals surface area contributed by atoms with Crippen LogP contribution in [0, 0.1) is 0 Å². The van der Waals surface area contributed by atoms with Crippen molar-refractivity contribution < 1.29 is 0 Å². The van der Waals surface area contributed by atoms with E-state index in [1.807, 2.05) is 12.3 Å². The summed E-state index contributed by atoms with van der Waals surface area (Å²) in [5, 5.41) is 0. The number of piperidine rings is 1. The fourth-order valence-electron chi connectivity index (χ4n) is 3.06. The van der Waals surface area contributed by atoms with E-state index in [0.29, 0.717) is 6.04 Å². The van der Waals surface area contributed by atoms with Crippen LogP contribution in [0.4, 0.5) is 11.5 Å². The molecule has 2 N–H and O–H groups in total. The van der Waals surface area contributed by atoms with Gasteiger partial charge in [0.05, 0.1) is 5.69 Å². The molecule has 1 unspecified atom stereocenters. The highest BCUT2D eigenvalue weighted by molar-refractivity contribution is 9.10. The number of rotatable bonds is 1. The summed E-state index contributed by atoms with van der Waals surface area (Å²) in [7, 11) is 0. The third-order valence-corrected chi connectivity index (χ3v) is 4.43. The van der Waals surface area contributed by atoms with Gasteiger partial charge in [0.25, 0.3) is 0 Å². The summed E-state index contributed by atoms with van der Waals surface area (Å²) in [4.78, 5) is 9.44. The van der Waals surface area contributed by atoms with E-state index in [0.717, 1.165) is 35.6 Å². The van der Waals surface area contributed by atoms with Crippen LogP contribution < -0.4 is 10.6 Å². The zero-order chi connectivity index (χ0) is 12.5. The van der Waals surface area contributed by atoms with E-state index in [1.165, 1.54) is 25.8 Å². The van der Waals surface area contributed by atoms with E-state index in [2.05, 4.69) is 30.7 Å². The van der Waals surface area contributed by atoms with Gasteiger partial charge >= 0.3 is 0 Å². The SMILES string of the molecule is Nc1cc(Br)cnc1N1CCN2CCCCC2C1. The summed E-state index contributed by atoms with van der Waals surface area (Å²) in [6.07, 6.45) is 5.86. The molecule has 0 spiro atoms. The normalized spacial score (nSPS) is 24.9. The number of pyridine rings is 1. The van der Waals surface area contributed by atoms with Gasteiger partial charge in [-0.15, -0.1) is 0 Å². The van der Waals surface area contributed by atoms with E-state index in [-0.39, 0.29) is 0 Å². The number of fused-ring (bicyclic) bond motifs is 1. The van der Waals surface area contributed by atoms with Crippen LogP contribution in [-0.4, -0.2) is 42.1 Å². The van der Waals surface area contributed by atoms with Crippen LogP contribution in [0.5, 0.6) is 0 Å². The van der Waals surface area contributed by atoms with E-state index < -0.39 is 0 Å². The first kappa shape index (κ1) is 12.2. The van der Waals surface area contributed by atoms with Gasteiger partial charge in [-0.05, 0) is 41.4 Å². The Balaban J connectivity index is 1.77. The van der Waals surface area contributed by atoms with Crippen LogP contribution in [0.2, 0.25) is 0 Å². The Morgan fingerprint density at radius 3 is 3.00 bits per heavy atom. The molecule has 2 saturated heterocycles. The Labute approximate surface area is 116 Å². The van der Waals surface area contributed by atoms with Gasteiger partial charge in [-0.2, -0.15) is 0 Å². The van der Waals surface area contributed by atoms with Crippen LogP contribution in [0.3, 0.4) is 0 Å². The Kier molecular flexibility index (Phi) is 3.43. The molecule has 1 aromatic heterocycles. The van der Waals surface area contributed by atoms with Gasteiger partial charge in [0.15, 0.2) is 5.82 Å². The number of nitrogen functional groups attached to an aromatic ring is 1. The highest BCUT2D eigenvalue weighted by Crippen LogP contribution is 2.28. The molecule has 3 rings (SSSR count). The number of anilines is 2. The number of hydrogen-bond acceptors (Lipinski definition) is 4. The quantitative estimate of drug-likeness (QED) is 0.863. The average molecular weight is 311 g/mol. The van der Waals surface area contributed by atoms with E-state index >= 15 is 0 Å². The monoisotopic (exact) mass is 310 g/mol. The van der Waals surface area contributed by atoms with Gasteiger partial charge in [0.2, 0.25) is 0 Å². The zero-order valence-corrected chi connectivity index (χ0v) is 12.1. The molecule has 0 aliphatic carbocycles. The molecular weight excluding hydrogens is 292 g/mol. The number of aromatic nitrogens is 1. The summed E-state index contributed by atoms with van der Waals surface area (Å²) in [6.45, 7) is 4.51. The summed E-state index contributed by atoms with van der Waals surface area (Å²) < 4.78 is 0.944. The molecule has 2 aliphatic heterocycles.